The number of benzene rings is 1. The number of nitrogens with zero attached hydrogens (tertiary/aromatic N) is 1. The van der Waals surface area contributed by atoms with E-state index in [0.717, 1.165) is 18.7 Å². The number of methoxy groups -OCH3 is 1. The van der Waals surface area contributed by atoms with Gasteiger partial charge in [0.25, 0.3) is 0 Å². The number of hydrogen-bond acceptors (Lipinski definition) is 3. The monoisotopic (exact) mass is 290 g/mol. The van der Waals surface area contributed by atoms with Crippen LogP contribution in [0.15, 0.2) is 18.2 Å². The van der Waals surface area contributed by atoms with Crippen molar-refractivity contribution in [3.05, 3.63) is 29.3 Å². The van der Waals surface area contributed by atoms with Gasteiger partial charge >= 0.3 is 0 Å². The van der Waals surface area contributed by atoms with Gasteiger partial charge in [0, 0.05) is 18.6 Å². The average molecular weight is 290 g/mol. The van der Waals surface area contributed by atoms with Crippen LogP contribution in [-0.4, -0.2) is 38.2 Å². The fourth-order valence-electron chi connectivity index (χ4n) is 3.62. The van der Waals surface area contributed by atoms with Crippen LogP contribution in [0.2, 0.25) is 0 Å². The molecule has 0 heterocycles. The molecule has 3 heteroatoms. The van der Waals surface area contributed by atoms with Crippen molar-refractivity contribution in [2.24, 2.45) is 5.92 Å². The lowest BCUT2D eigenvalue weighted by Gasteiger charge is -2.41. The van der Waals surface area contributed by atoms with Gasteiger partial charge in [-0.15, -0.1) is 0 Å². The molecule has 1 aromatic rings. The molecule has 0 radical (unpaired) electrons. The minimum Gasteiger partial charge on any atom is -0.497 e. The van der Waals surface area contributed by atoms with Crippen LogP contribution in [0, 0.1) is 5.92 Å². The highest BCUT2D eigenvalue weighted by atomic mass is 16.5. The summed E-state index contributed by atoms with van der Waals surface area (Å²) in [6, 6.07) is 7.53. The van der Waals surface area contributed by atoms with Crippen molar-refractivity contribution < 1.29 is 4.74 Å². The lowest BCUT2D eigenvalue weighted by Crippen LogP contribution is -2.47. The molecule has 0 bridgehead atoms. The molecule has 118 valence electrons. The van der Waals surface area contributed by atoms with Crippen LogP contribution in [0.5, 0.6) is 5.75 Å². The Labute approximate surface area is 129 Å². The Hall–Kier alpha value is -1.06. The van der Waals surface area contributed by atoms with Gasteiger partial charge in [0.05, 0.1) is 7.11 Å². The third-order valence-electron chi connectivity index (χ3n) is 4.57. The van der Waals surface area contributed by atoms with E-state index < -0.39 is 0 Å². The van der Waals surface area contributed by atoms with Gasteiger partial charge in [0.2, 0.25) is 0 Å². The van der Waals surface area contributed by atoms with Gasteiger partial charge in [0.1, 0.15) is 5.75 Å². The highest BCUT2D eigenvalue weighted by Crippen LogP contribution is 2.35. The Kier molecular flexibility index (Phi) is 5.65. The number of aryl methyl sites for hydroxylation is 1. The van der Waals surface area contributed by atoms with E-state index in [1.807, 2.05) is 0 Å². The molecular weight excluding hydrogens is 260 g/mol. The van der Waals surface area contributed by atoms with Crippen molar-refractivity contribution in [2.75, 3.05) is 27.2 Å². The second-order valence-corrected chi connectivity index (χ2v) is 6.42. The number of fused-ring (bicyclic) bond motifs is 1. The molecule has 0 fully saturated rings. The lowest BCUT2D eigenvalue weighted by atomic mass is 9.83. The van der Waals surface area contributed by atoms with E-state index in [9.17, 15) is 0 Å². The van der Waals surface area contributed by atoms with E-state index in [1.54, 1.807) is 7.11 Å². The molecule has 1 aliphatic carbocycles. The first-order valence-electron chi connectivity index (χ1n) is 8.18. The first kappa shape index (κ1) is 16.3. The van der Waals surface area contributed by atoms with Crippen LogP contribution < -0.4 is 10.1 Å². The Bertz CT molecular complexity index is 459. The van der Waals surface area contributed by atoms with Crippen molar-refractivity contribution >= 4 is 0 Å². The summed E-state index contributed by atoms with van der Waals surface area (Å²) >= 11 is 0. The van der Waals surface area contributed by atoms with Crippen LogP contribution in [0.25, 0.3) is 0 Å². The maximum Gasteiger partial charge on any atom is 0.119 e. The fourth-order valence-corrected chi connectivity index (χ4v) is 3.62. The number of ether oxygens (including phenoxy) is 1. The topological polar surface area (TPSA) is 24.5 Å². The first-order valence-corrected chi connectivity index (χ1v) is 8.18. The Morgan fingerprint density at radius 2 is 2.14 bits per heavy atom. The van der Waals surface area contributed by atoms with Crippen LogP contribution in [0.4, 0.5) is 0 Å². The molecule has 1 aliphatic rings. The number of likely N-dealkylation sites (N-methyl/N-ethyl adjacent to an activating group) is 2. The second kappa shape index (κ2) is 7.28. The Balaban J connectivity index is 2.26. The van der Waals surface area contributed by atoms with Gasteiger partial charge in [0.15, 0.2) is 0 Å². The molecule has 0 saturated carbocycles. The molecule has 2 rings (SSSR count). The molecule has 0 amide bonds. The normalized spacial score (nSPS) is 21.7. The van der Waals surface area contributed by atoms with Gasteiger partial charge < -0.3 is 10.1 Å². The zero-order chi connectivity index (χ0) is 15.4. The maximum absolute atomic E-state index is 5.37. The Morgan fingerprint density at radius 3 is 2.71 bits per heavy atom. The molecule has 2 atom stereocenters. The molecule has 1 N–H and O–H groups in total. The largest absolute Gasteiger partial charge is 0.497 e. The summed E-state index contributed by atoms with van der Waals surface area (Å²) in [6.07, 6.45) is 2.36. The van der Waals surface area contributed by atoms with Crippen molar-refractivity contribution in [3.63, 3.8) is 0 Å². The Morgan fingerprint density at radius 1 is 1.38 bits per heavy atom. The molecule has 0 aliphatic heterocycles. The summed E-state index contributed by atoms with van der Waals surface area (Å²) in [5.41, 5.74) is 2.88. The van der Waals surface area contributed by atoms with E-state index in [2.05, 4.69) is 56.2 Å². The number of hydrogen-bond donors (Lipinski definition) is 1. The highest BCUT2D eigenvalue weighted by Gasteiger charge is 2.32. The van der Waals surface area contributed by atoms with Crippen molar-refractivity contribution in [3.8, 4) is 5.75 Å². The minimum atomic E-state index is 0.415. The van der Waals surface area contributed by atoms with Crippen LogP contribution >= 0.6 is 0 Å². The molecule has 0 saturated heterocycles. The predicted molar refractivity (Wildman–Crippen MR) is 89.0 cm³/mol. The highest BCUT2D eigenvalue weighted by molar-refractivity contribution is 5.40. The zero-order valence-corrected chi connectivity index (χ0v) is 14.1. The zero-order valence-electron chi connectivity index (χ0n) is 14.1. The van der Waals surface area contributed by atoms with Gasteiger partial charge in [-0.3, -0.25) is 4.90 Å². The third kappa shape index (κ3) is 3.58. The fraction of sp³-hybridized carbons (Fsp3) is 0.667. The number of nitrogens with one attached hydrogen (secondary N) is 1. The standard InChI is InChI=1S/C18H30N2O/c1-6-20(12-13(2)3)17-10-7-14-11-15(21-5)8-9-16(14)18(17)19-4/h8-9,11,13,17-19H,6-7,10,12H2,1-5H3. The van der Waals surface area contributed by atoms with Crippen molar-refractivity contribution in [2.45, 2.75) is 45.7 Å². The SMILES string of the molecule is CCN(CC(C)C)C1CCc2cc(OC)ccc2C1NC. The first-order chi connectivity index (χ1) is 10.1. The summed E-state index contributed by atoms with van der Waals surface area (Å²) in [4.78, 5) is 2.64. The average Bonchev–Trinajstić information content (AvgIpc) is 2.50. The quantitative estimate of drug-likeness (QED) is 0.870. The third-order valence-corrected chi connectivity index (χ3v) is 4.57. The predicted octanol–water partition coefficient (Wildman–Crippen LogP) is 3.25. The molecule has 21 heavy (non-hydrogen) atoms. The second-order valence-electron chi connectivity index (χ2n) is 6.42. The van der Waals surface area contributed by atoms with E-state index in [-0.39, 0.29) is 0 Å². The summed E-state index contributed by atoms with van der Waals surface area (Å²) < 4.78 is 5.37. The van der Waals surface area contributed by atoms with Crippen molar-refractivity contribution in [1.29, 1.82) is 0 Å². The van der Waals surface area contributed by atoms with Crippen LogP contribution in [0.1, 0.15) is 44.4 Å². The molecule has 3 nitrogen and oxygen atoms in total. The van der Waals surface area contributed by atoms with E-state index in [4.69, 9.17) is 4.74 Å². The number of rotatable bonds is 6. The van der Waals surface area contributed by atoms with Gasteiger partial charge in [-0.1, -0.05) is 26.8 Å². The van der Waals surface area contributed by atoms with E-state index in [1.165, 1.54) is 24.1 Å². The maximum atomic E-state index is 5.37. The summed E-state index contributed by atoms with van der Waals surface area (Å²) in [5.74, 6) is 1.68. The summed E-state index contributed by atoms with van der Waals surface area (Å²) in [5, 5.41) is 3.55. The van der Waals surface area contributed by atoms with Crippen LogP contribution in [0.3, 0.4) is 0 Å². The van der Waals surface area contributed by atoms with Gasteiger partial charge in [-0.25, -0.2) is 0 Å². The summed E-state index contributed by atoms with van der Waals surface area (Å²) in [7, 11) is 3.82. The molecular formula is C18H30N2O. The molecule has 0 aromatic heterocycles. The molecule has 2 unspecified atom stereocenters. The minimum absolute atomic E-state index is 0.415. The smallest absolute Gasteiger partial charge is 0.119 e. The molecule has 0 spiro atoms. The van der Waals surface area contributed by atoms with E-state index >= 15 is 0 Å². The lowest BCUT2D eigenvalue weighted by molar-refractivity contribution is 0.135. The summed E-state index contributed by atoms with van der Waals surface area (Å²) in [6.45, 7) is 9.17. The van der Waals surface area contributed by atoms with E-state index in [0.29, 0.717) is 18.0 Å². The van der Waals surface area contributed by atoms with Gasteiger partial charge in [-0.05, 0) is 55.6 Å². The van der Waals surface area contributed by atoms with Crippen molar-refractivity contribution in [1.82, 2.24) is 10.2 Å². The molecule has 1 aromatic carbocycles. The van der Waals surface area contributed by atoms with Crippen LogP contribution in [-0.2, 0) is 6.42 Å². The van der Waals surface area contributed by atoms with Gasteiger partial charge in [-0.2, -0.15) is 0 Å².